The van der Waals surface area contributed by atoms with Gasteiger partial charge in [0.15, 0.2) is 0 Å². The molecule has 0 atom stereocenters. The molecule has 4 nitrogen and oxygen atoms in total. The van der Waals surface area contributed by atoms with Crippen LogP contribution in [0.25, 0.3) is 10.2 Å². The van der Waals surface area contributed by atoms with E-state index in [0.29, 0.717) is 17.3 Å². The van der Waals surface area contributed by atoms with E-state index in [1.54, 1.807) is 28.8 Å². The van der Waals surface area contributed by atoms with Gasteiger partial charge < -0.3 is 4.74 Å². The number of aromatic nitrogens is 1. The summed E-state index contributed by atoms with van der Waals surface area (Å²) in [7, 11) is 0. The summed E-state index contributed by atoms with van der Waals surface area (Å²) in [4.78, 5) is 23.8. The Morgan fingerprint density at radius 1 is 1.14 bits per heavy atom. The van der Waals surface area contributed by atoms with E-state index < -0.39 is 0 Å². The van der Waals surface area contributed by atoms with Crippen molar-refractivity contribution in [2.45, 2.75) is 13.0 Å². The molecule has 0 unspecified atom stereocenters. The molecule has 0 N–H and O–H groups in total. The number of carbonyl (C=O) groups is 1. The van der Waals surface area contributed by atoms with Gasteiger partial charge in [-0.15, -0.1) is 0 Å². The zero-order valence-corrected chi connectivity index (χ0v) is 13.1. The fourth-order valence-electron chi connectivity index (χ4n) is 2.11. The molecule has 3 aromatic rings. The molecule has 0 saturated heterocycles. The zero-order valence-electron chi connectivity index (χ0n) is 11.5. The average Bonchev–Trinajstić information content (AvgIpc) is 2.83. The van der Waals surface area contributed by atoms with Crippen molar-refractivity contribution in [3.63, 3.8) is 0 Å². The van der Waals surface area contributed by atoms with Crippen molar-refractivity contribution in [2.75, 3.05) is 0 Å². The first-order valence-electron chi connectivity index (χ1n) is 6.68. The van der Waals surface area contributed by atoms with Gasteiger partial charge in [-0.25, -0.2) is 0 Å². The Morgan fingerprint density at radius 3 is 2.64 bits per heavy atom. The topological polar surface area (TPSA) is 48.3 Å². The lowest BCUT2D eigenvalue weighted by Crippen LogP contribution is -2.17. The van der Waals surface area contributed by atoms with E-state index in [0.717, 1.165) is 10.2 Å². The van der Waals surface area contributed by atoms with E-state index >= 15 is 0 Å². The number of thiazole rings is 1. The number of nitrogens with zero attached hydrogens (tertiary/aromatic N) is 1. The van der Waals surface area contributed by atoms with Crippen LogP contribution in [-0.4, -0.2) is 10.5 Å². The molecule has 112 valence electrons. The molecule has 0 fully saturated rings. The molecule has 0 amide bonds. The maximum absolute atomic E-state index is 12.0. The monoisotopic (exact) mass is 333 g/mol. The Hall–Kier alpha value is -2.11. The summed E-state index contributed by atoms with van der Waals surface area (Å²) in [6.07, 6.45) is 0.128. The number of carbonyl (C=O) groups excluding carboxylic acids is 1. The van der Waals surface area contributed by atoms with Crippen LogP contribution in [0.2, 0.25) is 5.02 Å². The minimum atomic E-state index is -0.385. The average molecular weight is 334 g/mol. The highest BCUT2D eigenvalue weighted by Crippen LogP contribution is 2.18. The number of halogens is 1. The zero-order chi connectivity index (χ0) is 15.5. The summed E-state index contributed by atoms with van der Waals surface area (Å²) in [6, 6.07) is 14.1. The molecular weight excluding hydrogens is 322 g/mol. The molecule has 0 aliphatic carbocycles. The molecule has 0 aliphatic heterocycles. The van der Waals surface area contributed by atoms with Crippen molar-refractivity contribution < 1.29 is 9.53 Å². The third-order valence-electron chi connectivity index (χ3n) is 3.16. The van der Waals surface area contributed by atoms with Gasteiger partial charge in [-0.1, -0.05) is 35.1 Å². The molecule has 2 aromatic carbocycles. The van der Waals surface area contributed by atoms with Crippen LogP contribution >= 0.6 is 22.9 Å². The molecule has 0 saturated carbocycles. The summed E-state index contributed by atoms with van der Waals surface area (Å²) >= 11 is 6.95. The Balaban J connectivity index is 1.68. The standard InChI is InChI=1S/C16H12ClNO3S/c17-11-5-7-12(8-6-11)21-15(19)9-10-18-13-3-1-2-4-14(13)22-16(18)20/h1-8H,9-10H2. The van der Waals surface area contributed by atoms with E-state index in [-0.39, 0.29) is 17.3 Å². The molecule has 1 heterocycles. The number of fused-ring (bicyclic) bond motifs is 1. The number of hydrogen-bond acceptors (Lipinski definition) is 4. The largest absolute Gasteiger partial charge is 0.426 e. The van der Waals surface area contributed by atoms with Crippen LogP contribution in [0, 0.1) is 0 Å². The SMILES string of the molecule is O=C(CCn1c(=O)sc2ccccc21)Oc1ccc(Cl)cc1. The number of aryl methyl sites for hydroxylation is 1. The van der Waals surface area contributed by atoms with Crippen LogP contribution < -0.4 is 9.61 Å². The Kier molecular flexibility index (Phi) is 4.27. The lowest BCUT2D eigenvalue weighted by Gasteiger charge is -2.05. The van der Waals surface area contributed by atoms with E-state index in [2.05, 4.69) is 0 Å². The number of hydrogen-bond donors (Lipinski definition) is 0. The third kappa shape index (κ3) is 3.21. The van der Waals surface area contributed by atoms with Crippen LogP contribution in [0.15, 0.2) is 53.3 Å². The fourth-order valence-corrected chi connectivity index (χ4v) is 3.16. The summed E-state index contributed by atoms with van der Waals surface area (Å²) in [5.74, 6) is 0.0569. The van der Waals surface area contributed by atoms with Gasteiger partial charge in [0.25, 0.3) is 0 Å². The van der Waals surface area contributed by atoms with Crippen molar-refractivity contribution in [1.29, 1.82) is 0 Å². The minimum Gasteiger partial charge on any atom is -0.426 e. The highest BCUT2D eigenvalue weighted by Gasteiger charge is 2.10. The Morgan fingerprint density at radius 2 is 1.86 bits per heavy atom. The number of benzene rings is 2. The summed E-state index contributed by atoms with van der Waals surface area (Å²) in [6.45, 7) is 0.301. The Bertz CT molecular complexity index is 867. The molecule has 3 rings (SSSR count). The fraction of sp³-hybridized carbons (Fsp3) is 0.125. The van der Waals surface area contributed by atoms with Crippen LogP contribution in [0.5, 0.6) is 5.75 Å². The van der Waals surface area contributed by atoms with Crippen LogP contribution in [0.3, 0.4) is 0 Å². The van der Waals surface area contributed by atoms with Crippen LogP contribution in [-0.2, 0) is 11.3 Å². The Labute approximate surface area is 135 Å². The summed E-state index contributed by atoms with van der Waals surface area (Å²) in [5, 5.41) is 0.580. The lowest BCUT2D eigenvalue weighted by molar-refractivity contribution is -0.134. The number of para-hydroxylation sites is 1. The third-order valence-corrected chi connectivity index (χ3v) is 4.37. The molecule has 0 aliphatic rings. The number of rotatable bonds is 4. The van der Waals surface area contributed by atoms with Crippen molar-refractivity contribution in [3.8, 4) is 5.75 Å². The van der Waals surface area contributed by atoms with Crippen LogP contribution in [0.4, 0.5) is 0 Å². The smallest absolute Gasteiger partial charge is 0.312 e. The normalized spacial score (nSPS) is 10.8. The van der Waals surface area contributed by atoms with Crippen molar-refractivity contribution >= 4 is 39.1 Å². The molecule has 6 heteroatoms. The van der Waals surface area contributed by atoms with Gasteiger partial charge in [0.1, 0.15) is 5.75 Å². The van der Waals surface area contributed by atoms with Gasteiger partial charge in [-0.3, -0.25) is 14.2 Å². The van der Waals surface area contributed by atoms with Crippen molar-refractivity contribution in [3.05, 3.63) is 63.2 Å². The second kappa shape index (κ2) is 6.34. The van der Waals surface area contributed by atoms with E-state index in [1.807, 2.05) is 24.3 Å². The van der Waals surface area contributed by atoms with E-state index in [9.17, 15) is 9.59 Å². The maximum Gasteiger partial charge on any atom is 0.312 e. The number of ether oxygens (including phenoxy) is 1. The predicted octanol–water partition coefficient (Wildman–Crippen LogP) is 3.71. The highest BCUT2D eigenvalue weighted by atomic mass is 35.5. The lowest BCUT2D eigenvalue weighted by atomic mass is 10.3. The second-order valence-corrected chi connectivity index (χ2v) is 6.09. The molecule has 22 heavy (non-hydrogen) atoms. The van der Waals surface area contributed by atoms with Gasteiger partial charge in [0, 0.05) is 11.6 Å². The first-order valence-corrected chi connectivity index (χ1v) is 7.87. The summed E-state index contributed by atoms with van der Waals surface area (Å²) < 4.78 is 7.73. The molecular formula is C16H12ClNO3S. The molecule has 0 spiro atoms. The van der Waals surface area contributed by atoms with Crippen molar-refractivity contribution in [1.82, 2.24) is 4.57 Å². The van der Waals surface area contributed by atoms with Gasteiger partial charge in [-0.2, -0.15) is 0 Å². The second-order valence-electron chi connectivity index (χ2n) is 4.67. The molecule has 0 bridgehead atoms. The van der Waals surface area contributed by atoms with Gasteiger partial charge in [-0.05, 0) is 36.4 Å². The van der Waals surface area contributed by atoms with E-state index in [1.165, 1.54) is 11.3 Å². The number of esters is 1. The molecule has 1 aromatic heterocycles. The highest BCUT2D eigenvalue weighted by molar-refractivity contribution is 7.16. The summed E-state index contributed by atoms with van der Waals surface area (Å²) in [5.41, 5.74) is 0.844. The van der Waals surface area contributed by atoms with E-state index in [4.69, 9.17) is 16.3 Å². The predicted molar refractivity (Wildman–Crippen MR) is 87.8 cm³/mol. The minimum absolute atomic E-state index is 0.0690. The first kappa shape index (κ1) is 14.8. The van der Waals surface area contributed by atoms with Gasteiger partial charge in [0.05, 0.1) is 16.6 Å². The van der Waals surface area contributed by atoms with Gasteiger partial charge >= 0.3 is 10.8 Å². The van der Waals surface area contributed by atoms with Gasteiger partial charge in [0.2, 0.25) is 0 Å². The van der Waals surface area contributed by atoms with Crippen molar-refractivity contribution in [2.24, 2.45) is 0 Å². The maximum atomic E-state index is 12.0. The molecule has 0 radical (unpaired) electrons. The van der Waals surface area contributed by atoms with Crippen LogP contribution in [0.1, 0.15) is 6.42 Å². The quantitative estimate of drug-likeness (QED) is 0.540. The first-order chi connectivity index (χ1) is 10.6.